The van der Waals surface area contributed by atoms with Crippen LogP contribution < -0.4 is 14.8 Å². The van der Waals surface area contributed by atoms with E-state index in [0.717, 1.165) is 0 Å². The standard InChI is InChI=1S/C17H22N2O5/c1-6-24-16(20)14-10(2)19(3)17(21)18-15(14)11-7-8-12(22-4)13(9-11)23-5/h7-9,15H,6H2,1-5H3,(H,18,21)/t15-/m1/s1. The summed E-state index contributed by atoms with van der Waals surface area (Å²) in [5.74, 6) is 0.629. The molecule has 2 rings (SSSR count). The third kappa shape index (κ3) is 3.15. The average molecular weight is 334 g/mol. The first-order valence-corrected chi connectivity index (χ1v) is 7.58. The molecule has 0 saturated carbocycles. The van der Waals surface area contributed by atoms with E-state index in [1.807, 2.05) is 0 Å². The molecule has 1 N–H and O–H groups in total. The highest BCUT2D eigenvalue weighted by atomic mass is 16.5. The molecule has 0 saturated heterocycles. The molecule has 1 aromatic carbocycles. The maximum Gasteiger partial charge on any atom is 0.338 e. The molecule has 0 unspecified atom stereocenters. The number of carbonyl (C=O) groups is 2. The molecular formula is C17H22N2O5. The molecule has 0 aromatic heterocycles. The summed E-state index contributed by atoms with van der Waals surface area (Å²) in [5.41, 5.74) is 1.65. The quantitative estimate of drug-likeness (QED) is 0.836. The molecule has 2 amide bonds. The van der Waals surface area contributed by atoms with Crippen LogP contribution >= 0.6 is 0 Å². The minimum atomic E-state index is -0.618. The van der Waals surface area contributed by atoms with Crippen LogP contribution in [0.3, 0.4) is 0 Å². The second-order valence-electron chi connectivity index (χ2n) is 5.28. The van der Waals surface area contributed by atoms with Gasteiger partial charge >= 0.3 is 12.0 Å². The topological polar surface area (TPSA) is 77.1 Å². The number of nitrogens with zero attached hydrogens (tertiary/aromatic N) is 1. The summed E-state index contributed by atoms with van der Waals surface area (Å²) >= 11 is 0. The minimum Gasteiger partial charge on any atom is -0.493 e. The lowest BCUT2D eigenvalue weighted by Crippen LogP contribution is -2.46. The van der Waals surface area contributed by atoms with Crippen molar-refractivity contribution in [2.45, 2.75) is 19.9 Å². The van der Waals surface area contributed by atoms with Gasteiger partial charge < -0.3 is 24.4 Å². The number of hydrogen-bond acceptors (Lipinski definition) is 5. The molecule has 1 aliphatic rings. The Morgan fingerprint density at radius 3 is 2.50 bits per heavy atom. The second-order valence-corrected chi connectivity index (χ2v) is 5.28. The highest BCUT2D eigenvalue weighted by molar-refractivity contribution is 5.95. The fraction of sp³-hybridized carbons (Fsp3) is 0.412. The van der Waals surface area contributed by atoms with Crippen LogP contribution in [-0.2, 0) is 9.53 Å². The summed E-state index contributed by atoms with van der Waals surface area (Å²) in [4.78, 5) is 26.0. The molecule has 1 aromatic rings. The number of ether oxygens (including phenoxy) is 3. The van der Waals surface area contributed by atoms with Gasteiger partial charge in [-0.05, 0) is 31.5 Å². The Morgan fingerprint density at radius 2 is 1.92 bits per heavy atom. The van der Waals surface area contributed by atoms with Crippen LogP contribution in [0.4, 0.5) is 4.79 Å². The lowest BCUT2D eigenvalue weighted by molar-refractivity contribution is -0.139. The lowest BCUT2D eigenvalue weighted by Gasteiger charge is -2.33. The lowest BCUT2D eigenvalue weighted by atomic mass is 9.94. The monoisotopic (exact) mass is 334 g/mol. The number of urea groups is 1. The number of allylic oxidation sites excluding steroid dienone is 1. The number of methoxy groups -OCH3 is 2. The molecule has 0 aliphatic carbocycles. The van der Waals surface area contributed by atoms with E-state index in [-0.39, 0.29) is 12.6 Å². The molecule has 0 bridgehead atoms. The molecule has 1 aliphatic heterocycles. The van der Waals surface area contributed by atoms with Crippen LogP contribution in [0.1, 0.15) is 25.5 Å². The third-order valence-electron chi connectivity index (χ3n) is 3.99. The Kier molecular flexibility index (Phi) is 5.33. The Bertz CT molecular complexity index is 684. The minimum absolute atomic E-state index is 0.256. The third-order valence-corrected chi connectivity index (χ3v) is 3.99. The maximum atomic E-state index is 12.4. The fourth-order valence-corrected chi connectivity index (χ4v) is 2.59. The number of nitrogens with one attached hydrogen (secondary N) is 1. The first-order valence-electron chi connectivity index (χ1n) is 7.58. The molecule has 1 heterocycles. The summed E-state index contributed by atoms with van der Waals surface area (Å²) in [6, 6.07) is 4.34. The van der Waals surface area contributed by atoms with Gasteiger partial charge in [-0.2, -0.15) is 0 Å². The molecule has 0 radical (unpaired) electrons. The molecule has 1 atom stereocenters. The van der Waals surface area contributed by atoms with Gasteiger partial charge in [0.25, 0.3) is 0 Å². The zero-order valence-corrected chi connectivity index (χ0v) is 14.5. The van der Waals surface area contributed by atoms with E-state index in [2.05, 4.69) is 5.32 Å². The van der Waals surface area contributed by atoms with Gasteiger partial charge in [0.05, 0.1) is 32.4 Å². The number of hydrogen-bond donors (Lipinski definition) is 1. The maximum absolute atomic E-state index is 12.4. The van der Waals surface area contributed by atoms with Crippen molar-refractivity contribution in [3.63, 3.8) is 0 Å². The molecule has 24 heavy (non-hydrogen) atoms. The summed E-state index contributed by atoms with van der Waals surface area (Å²) in [5, 5.41) is 2.82. The van der Waals surface area contributed by atoms with Crippen molar-refractivity contribution in [1.29, 1.82) is 0 Å². The largest absolute Gasteiger partial charge is 0.493 e. The Hall–Kier alpha value is -2.70. The SMILES string of the molecule is CCOC(=O)C1=C(C)N(C)C(=O)N[C@@H]1c1ccc(OC)c(OC)c1. The van der Waals surface area contributed by atoms with Crippen LogP contribution in [0.2, 0.25) is 0 Å². The first kappa shape index (κ1) is 17.7. The van der Waals surface area contributed by atoms with E-state index in [1.165, 1.54) is 12.0 Å². The van der Waals surface area contributed by atoms with E-state index < -0.39 is 12.0 Å². The molecule has 7 nitrogen and oxygen atoms in total. The number of benzene rings is 1. The van der Waals surface area contributed by atoms with Gasteiger partial charge in [0, 0.05) is 12.7 Å². The van der Waals surface area contributed by atoms with Gasteiger partial charge in [0.1, 0.15) is 0 Å². The van der Waals surface area contributed by atoms with Gasteiger partial charge in [0.2, 0.25) is 0 Å². The van der Waals surface area contributed by atoms with Crippen LogP contribution in [0.5, 0.6) is 11.5 Å². The zero-order chi connectivity index (χ0) is 17.9. The second kappa shape index (κ2) is 7.25. The van der Waals surface area contributed by atoms with Crippen LogP contribution in [0.25, 0.3) is 0 Å². The Labute approximate surface area is 141 Å². The van der Waals surface area contributed by atoms with E-state index in [0.29, 0.717) is 28.3 Å². The normalized spacial score (nSPS) is 17.5. The summed E-state index contributed by atoms with van der Waals surface area (Å²) in [7, 11) is 4.68. The van der Waals surface area contributed by atoms with E-state index in [4.69, 9.17) is 14.2 Å². The van der Waals surface area contributed by atoms with Gasteiger partial charge in [-0.1, -0.05) is 6.07 Å². The van der Waals surface area contributed by atoms with Crippen molar-refractivity contribution in [1.82, 2.24) is 10.2 Å². The molecule has 0 fully saturated rings. The zero-order valence-electron chi connectivity index (χ0n) is 14.5. The van der Waals surface area contributed by atoms with Gasteiger partial charge in [-0.15, -0.1) is 0 Å². The summed E-state index contributed by atoms with van der Waals surface area (Å²) < 4.78 is 15.7. The fourth-order valence-electron chi connectivity index (χ4n) is 2.59. The van der Waals surface area contributed by atoms with E-state index in [1.54, 1.807) is 46.2 Å². The van der Waals surface area contributed by atoms with E-state index in [9.17, 15) is 9.59 Å². The smallest absolute Gasteiger partial charge is 0.338 e. The highest BCUT2D eigenvalue weighted by Crippen LogP contribution is 2.35. The van der Waals surface area contributed by atoms with Crippen molar-refractivity contribution in [3.05, 3.63) is 35.0 Å². The number of carbonyl (C=O) groups excluding carboxylic acids is 2. The first-order chi connectivity index (χ1) is 11.4. The highest BCUT2D eigenvalue weighted by Gasteiger charge is 2.35. The van der Waals surface area contributed by atoms with E-state index >= 15 is 0 Å². The van der Waals surface area contributed by atoms with Crippen molar-refractivity contribution in [2.75, 3.05) is 27.9 Å². The van der Waals surface area contributed by atoms with Gasteiger partial charge in [0.15, 0.2) is 11.5 Å². The van der Waals surface area contributed by atoms with Crippen molar-refractivity contribution in [2.24, 2.45) is 0 Å². The van der Waals surface area contributed by atoms with Crippen LogP contribution in [0, 0.1) is 0 Å². The molecule has 0 spiro atoms. The predicted octanol–water partition coefficient (Wildman–Crippen LogP) is 2.24. The molecular weight excluding hydrogens is 312 g/mol. The Morgan fingerprint density at radius 1 is 1.25 bits per heavy atom. The predicted molar refractivity (Wildman–Crippen MR) is 87.9 cm³/mol. The Balaban J connectivity index is 2.53. The molecule has 130 valence electrons. The number of rotatable bonds is 5. The van der Waals surface area contributed by atoms with Crippen molar-refractivity contribution < 1.29 is 23.8 Å². The summed E-state index contributed by atoms with van der Waals surface area (Å²) in [6.07, 6.45) is 0. The van der Waals surface area contributed by atoms with Crippen LogP contribution in [-0.4, -0.2) is 44.8 Å². The van der Waals surface area contributed by atoms with Crippen molar-refractivity contribution in [3.8, 4) is 11.5 Å². The van der Waals surface area contributed by atoms with Gasteiger partial charge in [-0.25, -0.2) is 9.59 Å². The summed E-state index contributed by atoms with van der Waals surface area (Å²) in [6.45, 7) is 3.72. The number of amides is 2. The van der Waals surface area contributed by atoms with Gasteiger partial charge in [-0.3, -0.25) is 0 Å². The van der Waals surface area contributed by atoms with Crippen molar-refractivity contribution >= 4 is 12.0 Å². The van der Waals surface area contributed by atoms with Crippen LogP contribution in [0.15, 0.2) is 29.5 Å². The molecule has 7 heteroatoms. The average Bonchev–Trinajstić information content (AvgIpc) is 2.58. The number of esters is 1.